The number of aryl methyl sites for hydroxylation is 2. The van der Waals surface area contributed by atoms with Gasteiger partial charge in [-0.15, -0.1) is 5.10 Å². The van der Waals surface area contributed by atoms with Gasteiger partial charge in [-0.25, -0.2) is 9.50 Å². The van der Waals surface area contributed by atoms with E-state index in [1.807, 2.05) is 44.2 Å². The molecule has 4 aromatic rings. The Morgan fingerprint density at radius 3 is 2.52 bits per heavy atom. The summed E-state index contributed by atoms with van der Waals surface area (Å²) in [6.45, 7) is 6.28. The molecule has 0 atom stereocenters. The first-order chi connectivity index (χ1) is 15.9. The maximum Gasteiger partial charge on any atom is 0.277 e. The lowest BCUT2D eigenvalue weighted by atomic mass is 10.0. The second-order valence-corrected chi connectivity index (χ2v) is 7.93. The Balaban J connectivity index is 1.78. The van der Waals surface area contributed by atoms with E-state index in [2.05, 4.69) is 16.9 Å². The van der Waals surface area contributed by atoms with Crippen LogP contribution in [0.4, 0.5) is 0 Å². The summed E-state index contributed by atoms with van der Waals surface area (Å²) in [5.41, 5.74) is 9.45. The predicted molar refractivity (Wildman–Crippen MR) is 127 cm³/mol. The molecule has 0 saturated heterocycles. The maximum atomic E-state index is 12.9. The number of fused-ring (bicyclic) bond motifs is 1. The number of H-pyrrole nitrogens is 1. The number of hydrogen-bond donors (Lipinski definition) is 2. The Hall–Kier alpha value is -3.94. The Kier molecular flexibility index (Phi) is 6.26. The largest absolute Gasteiger partial charge is 0.493 e. The fourth-order valence-corrected chi connectivity index (χ4v) is 3.92. The molecule has 8 nitrogen and oxygen atoms in total. The van der Waals surface area contributed by atoms with Gasteiger partial charge < -0.3 is 15.5 Å². The van der Waals surface area contributed by atoms with E-state index in [-0.39, 0.29) is 5.56 Å². The van der Waals surface area contributed by atoms with Crippen molar-refractivity contribution < 1.29 is 9.53 Å². The van der Waals surface area contributed by atoms with Gasteiger partial charge in [0, 0.05) is 12.0 Å². The van der Waals surface area contributed by atoms with Crippen molar-refractivity contribution in [2.24, 2.45) is 5.73 Å². The summed E-state index contributed by atoms with van der Waals surface area (Å²) in [5, 5.41) is 4.73. The third-order valence-corrected chi connectivity index (χ3v) is 5.46. The molecular weight excluding hydrogens is 418 g/mol. The minimum absolute atomic E-state index is 0.234. The first-order valence-corrected chi connectivity index (χ1v) is 11.0. The van der Waals surface area contributed by atoms with Crippen molar-refractivity contribution >= 4 is 11.4 Å². The van der Waals surface area contributed by atoms with E-state index in [9.17, 15) is 9.59 Å². The summed E-state index contributed by atoms with van der Waals surface area (Å²) in [6.07, 6.45) is 2.26. The number of carbonyl (C=O) groups excluding carboxylic acids is 1. The number of primary amides is 1. The highest BCUT2D eigenvalue weighted by Crippen LogP contribution is 2.29. The molecule has 0 fully saturated rings. The molecule has 2 aromatic carbocycles. The average molecular weight is 446 g/mol. The molecule has 0 aliphatic heterocycles. The van der Waals surface area contributed by atoms with Crippen molar-refractivity contribution in [1.29, 1.82) is 0 Å². The first-order valence-electron chi connectivity index (χ1n) is 11.0. The van der Waals surface area contributed by atoms with Crippen LogP contribution in [-0.4, -0.2) is 32.1 Å². The number of hydrogen-bond acceptors (Lipinski definition) is 5. The lowest BCUT2D eigenvalue weighted by Crippen LogP contribution is -2.16. The molecule has 0 bridgehead atoms. The molecule has 0 radical (unpaired) electrons. The Morgan fingerprint density at radius 1 is 1.12 bits per heavy atom. The Bertz CT molecular complexity index is 1370. The summed E-state index contributed by atoms with van der Waals surface area (Å²) in [4.78, 5) is 31.7. The van der Waals surface area contributed by atoms with E-state index in [0.29, 0.717) is 46.9 Å². The standard InChI is InChI=1S/C25H27N5O3/c1-4-6-21-27-15(3)22-25(32)28-24(29-30(21)22)19-14-17(9-12-20(19)33-5-2)13-16-7-10-18(11-8-16)23(26)31/h7-12,14H,4-6,13H2,1-3H3,(H2,26,31)(H,28,29,32). The zero-order valence-electron chi connectivity index (χ0n) is 19.0. The minimum Gasteiger partial charge on any atom is -0.493 e. The number of nitrogens with one attached hydrogen (secondary N) is 1. The van der Waals surface area contributed by atoms with E-state index in [0.717, 1.165) is 29.8 Å². The van der Waals surface area contributed by atoms with Gasteiger partial charge in [0.2, 0.25) is 5.91 Å². The number of aromatic nitrogens is 4. The third kappa shape index (κ3) is 4.50. The highest BCUT2D eigenvalue weighted by atomic mass is 16.5. The van der Waals surface area contributed by atoms with Gasteiger partial charge >= 0.3 is 0 Å². The Morgan fingerprint density at radius 2 is 1.85 bits per heavy atom. The lowest BCUT2D eigenvalue weighted by molar-refractivity contribution is 0.100. The van der Waals surface area contributed by atoms with E-state index in [1.165, 1.54) is 0 Å². The molecule has 2 aromatic heterocycles. The van der Waals surface area contributed by atoms with Gasteiger partial charge in [0.15, 0.2) is 11.3 Å². The second kappa shape index (κ2) is 9.28. The molecule has 4 rings (SSSR count). The van der Waals surface area contributed by atoms with Gasteiger partial charge in [-0.2, -0.15) is 0 Å². The lowest BCUT2D eigenvalue weighted by Gasteiger charge is -2.12. The number of ether oxygens (including phenoxy) is 1. The van der Waals surface area contributed by atoms with Gasteiger partial charge in [-0.1, -0.05) is 25.1 Å². The molecule has 0 aliphatic carbocycles. The van der Waals surface area contributed by atoms with E-state index in [1.54, 1.807) is 16.6 Å². The topological polar surface area (TPSA) is 115 Å². The molecule has 0 spiro atoms. The summed E-state index contributed by atoms with van der Waals surface area (Å²) < 4.78 is 7.49. The molecule has 1 amide bonds. The number of rotatable bonds is 8. The first kappa shape index (κ1) is 22.3. The summed E-state index contributed by atoms with van der Waals surface area (Å²) in [6, 6.07) is 13.1. The molecule has 8 heteroatoms. The van der Waals surface area contributed by atoms with E-state index >= 15 is 0 Å². The van der Waals surface area contributed by atoms with Crippen LogP contribution in [0.1, 0.15) is 53.3 Å². The van der Waals surface area contributed by atoms with Crippen molar-refractivity contribution in [3.8, 4) is 17.1 Å². The quantitative estimate of drug-likeness (QED) is 0.431. The molecule has 0 aliphatic rings. The van der Waals surface area contributed by atoms with Crippen LogP contribution >= 0.6 is 0 Å². The number of nitrogens with two attached hydrogens (primary N) is 1. The molecular formula is C25H27N5O3. The molecule has 33 heavy (non-hydrogen) atoms. The number of amides is 1. The van der Waals surface area contributed by atoms with Crippen LogP contribution < -0.4 is 16.0 Å². The van der Waals surface area contributed by atoms with Crippen molar-refractivity contribution in [2.75, 3.05) is 6.61 Å². The second-order valence-electron chi connectivity index (χ2n) is 7.93. The van der Waals surface area contributed by atoms with Crippen molar-refractivity contribution in [1.82, 2.24) is 19.6 Å². The van der Waals surface area contributed by atoms with Gasteiger partial charge in [-0.3, -0.25) is 9.59 Å². The van der Waals surface area contributed by atoms with Crippen LogP contribution in [0.5, 0.6) is 5.75 Å². The number of aromatic amines is 1. The van der Waals surface area contributed by atoms with Crippen molar-refractivity contribution in [2.45, 2.75) is 40.0 Å². The van der Waals surface area contributed by atoms with Crippen molar-refractivity contribution in [3.05, 3.63) is 81.0 Å². The predicted octanol–water partition coefficient (Wildman–Crippen LogP) is 3.43. The zero-order valence-corrected chi connectivity index (χ0v) is 19.0. The molecule has 2 heterocycles. The minimum atomic E-state index is -0.451. The van der Waals surface area contributed by atoms with E-state index in [4.69, 9.17) is 15.6 Å². The highest BCUT2D eigenvalue weighted by molar-refractivity contribution is 5.92. The average Bonchev–Trinajstić information content (AvgIpc) is 3.11. The van der Waals surface area contributed by atoms with Crippen molar-refractivity contribution in [3.63, 3.8) is 0 Å². The van der Waals surface area contributed by atoms with E-state index < -0.39 is 5.91 Å². The third-order valence-electron chi connectivity index (χ3n) is 5.46. The summed E-state index contributed by atoms with van der Waals surface area (Å²) >= 11 is 0. The fraction of sp³-hybridized carbons (Fsp3) is 0.280. The molecule has 0 saturated carbocycles. The number of benzene rings is 2. The smallest absolute Gasteiger partial charge is 0.277 e. The normalized spacial score (nSPS) is 11.1. The fourth-order valence-electron chi connectivity index (χ4n) is 3.92. The van der Waals surface area contributed by atoms with Gasteiger partial charge in [0.05, 0.1) is 17.9 Å². The molecule has 3 N–H and O–H groups in total. The van der Waals surface area contributed by atoms with Crippen LogP contribution in [0.2, 0.25) is 0 Å². The number of nitrogens with zero attached hydrogens (tertiary/aromatic N) is 3. The van der Waals surface area contributed by atoms with Crippen LogP contribution in [0.3, 0.4) is 0 Å². The van der Waals surface area contributed by atoms with Crippen LogP contribution in [0.25, 0.3) is 16.9 Å². The maximum absolute atomic E-state index is 12.9. The molecule has 0 unspecified atom stereocenters. The Labute approximate surface area is 191 Å². The summed E-state index contributed by atoms with van der Waals surface area (Å²) in [7, 11) is 0. The monoisotopic (exact) mass is 445 g/mol. The van der Waals surface area contributed by atoms with Crippen LogP contribution in [0.15, 0.2) is 47.3 Å². The molecule has 170 valence electrons. The van der Waals surface area contributed by atoms with Gasteiger partial charge in [0.1, 0.15) is 11.6 Å². The van der Waals surface area contributed by atoms with Gasteiger partial charge in [0.25, 0.3) is 5.56 Å². The number of carbonyl (C=O) groups is 1. The summed E-state index contributed by atoms with van der Waals surface area (Å²) in [5.74, 6) is 1.38. The highest BCUT2D eigenvalue weighted by Gasteiger charge is 2.17. The SMILES string of the molecule is CCCc1nc(C)c2c(=O)[nH]c(-c3cc(Cc4ccc(C(N)=O)cc4)ccc3OCC)nn12. The number of imidazole rings is 1. The zero-order chi connectivity index (χ0) is 23.5. The van der Waals surface area contributed by atoms with Crippen LogP contribution in [0, 0.1) is 6.92 Å². The van der Waals surface area contributed by atoms with Gasteiger partial charge in [-0.05, 0) is 62.1 Å². The van der Waals surface area contributed by atoms with Crippen LogP contribution in [-0.2, 0) is 12.8 Å².